The molecular weight excluding hydrogens is 281 g/mol. The van der Waals surface area contributed by atoms with E-state index in [2.05, 4.69) is 10.4 Å². The monoisotopic (exact) mass is 297 g/mol. The van der Waals surface area contributed by atoms with Gasteiger partial charge in [0.05, 0.1) is 23.9 Å². The molecule has 0 spiro atoms. The highest BCUT2D eigenvalue weighted by Gasteiger charge is 2.11. The van der Waals surface area contributed by atoms with E-state index in [0.29, 0.717) is 13.1 Å². The standard InChI is InChI=1S/C14H17ClFN3O/c1-9-10(2)18-19(5-6-20)14(9)17-8-11-3-4-12(15)13(16)7-11/h3-4,7,17,20H,5-6,8H2,1-2H3. The third kappa shape index (κ3) is 3.11. The van der Waals surface area contributed by atoms with E-state index in [0.717, 1.165) is 22.6 Å². The summed E-state index contributed by atoms with van der Waals surface area (Å²) < 4.78 is 15.1. The number of aliphatic hydroxyl groups excluding tert-OH is 1. The second kappa shape index (κ2) is 6.24. The molecule has 0 aliphatic rings. The van der Waals surface area contributed by atoms with Crippen LogP contribution in [0.4, 0.5) is 10.2 Å². The van der Waals surface area contributed by atoms with E-state index in [9.17, 15) is 4.39 Å². The van der Waals surface area contributed by atoms with Gasteiger partial charge in [0, 0.05) is 12.1 Å². The highest BCUT2D eigenvalue weighted by atomic mass is 35.5. The van der Waals surface area contributed by atoms with E-state index in [-0.39, 0.29) is 11.6 Å². The van der Waals surface area contributed by atoms with Gasteiger partial charge in [-0.25, -0.2) is 9.07 Å². The van der Waals surface area contributed by atoms with E-state index in [1.807, 2.05) is 13.8 Å². The fourth-order valence-electron chi connectivity index (χ4n) is 1.99. The molecule has 0 fully saturated rings. The summed E-state index contributed by atoms with van der Waals surface area (Å²) in [6, 6.07) is 4.72. The quantitative estimate of drug-likeness (QED) is 0.892. The summed E-state index contributed by atoms with van der Waals surface area (Å²) in [6.45, 7) is 4.78. The van der Waals surface area contributed by atoms with Crippen LogP contribution in [0.3, 0.4) is 0 Å². The summed E-state index contributed by atoms with van der Waals surface area (Å²) in [6.07, 6.45) is 0. The Balaban J connectivity index is 2.15. The first-order valence-corrected chi connectivity index (χ1v) is 6.73. The second-order valence-corrected chi connectivity index (χ2v) is 5.01. The molecule has 0 saturated carbocycles. The number of hydrogen-bond acceptors (Lipinski definition) is 3. The van der Waals surface area contributed by atoms with Crippen molar-refractivity contribution in [2.75, 3.05) is 11.9 Å². The summed E-state index contributed by atoms with van der Waals surface area (Å²) in [7, 11) is 0. The van der Waals surface area contributed by atoms with Crippen LogP contribution in [0.1, 0.15) is 16.8 Å². The number of nitrogens with one attached hydrogen (secondary N) is 1. The molecule has 108 valence electrons. The minimum absolute atomic E-state index is 0.0187. The molecule has 4 nitrogen and oxygen atoms in total. The van der Waals surface area contributed by atoms with Crippen molar-refractivity contribution in [2.24, 2.45) is 0 Å². The van der Waals surface area contributed by atoms with Gasteiger partial charge in [0.25, 0.3) is 0 Å². The maximum Gasteiger partial charge on any atom is 0.142 e. The van der Waals surface area contributed by atoms with Crippen molar-refractivity contribution in [3.8, 4) is 0 Å². The zero-order valence-corrected chi connectivity index (χ0v) is 12.2. The molecule has 1 aromatic carbocycles. The molecule has 1 heterocycles. The molecule has 0 atom stereocenters. The fraction of sp³-hybridized carbons (Fsp3) is 0.357. The average Bonchev–Trinajstić information content (AvgIpc) is 2.67. The van der Waals surface area contributed by atoms with Crippen molar-refractivity contribution in [3.05, 3.63) is 45.9 Å². The topological polar surface area (TPSA) is 50.1 Å². The summed E-state index contributed by atoms with van der Waals surface area (Å²) >= 11 is 5.66. The van der Waals surface area contributed by atoms with Crippen molar-refractivity contribution >= 4 is 17.4 Å². The molecular formula is C14H17ClFN3O. The molecule has 6 heteroatoms. The minimum atomic E-state index is -0.428. The molecule has 0 amide bonds. The molecule has 0 radical (unpaired) electrons. The Hall–Kier alpha value is -1.59. The Morgan fingerprint density at radius 3 is 2.80 bits per heavy atom. The molecule has 0 unspecified atom stereocenters. The first-order chi connectivity index (χ1) is 9.52. The van der Waals surface area contributed by atoms with Crippen LogP contribution in [-0.4, -0.2) is 21.5 Å². The van der Waals surface area contributed by atoms with Crippen LogP contribution in [0.15, 0.2) is 18.2 Å². The number of aromatic nitrogens is 2. The molecule has 2 rings (SSSR count). The second-order valence-electron chi connectivity index (χ2n) is 4.61. The van der Waals surface area contributed by atoms with Crippen LogP contribution in [-0.2, 0) is 13.1 Å². The van der Waals surface area contributed by atoms with Gasteiger partial charge in [-0.15, -0.1) is 0 Å². The van der Waals surface area contributed by atoms with Gasteiger partial charge in [-0.1, -0.05) is 17.7 Å². The highest BCUT2D eigenvalue weighted by Crippen LogP contribution is 2.20. The predicted molar refractivity (Wildman–Crippen MR) is 77.5 cm³/mol. The third-order valence-electron chi connectivity index (χ3n) is 3.18. The van der Waals surface area contributed by atoms with Gasteiger partial charge < -0.3 is 10.4 Å². The van der Waals surface area contributed by atoms with Crippen LogP contribution < -0.4 is 5.32 Å². The largest absolute Gasteiger partial charge is 0.394 e. The lowest BCUT2D eigenvalue weighted by Gasteiger charge is -2.10. The zero-order valence-electron chi connectivity index (χ0n) is 11.5. The summed E-state index contributed by atoms with van der Waals surface area (Å²) in [5.74, 6) is 0.412. The molecule has 2 N–H and O–H groups in total. The van der Waals surface area contributed by atoms with E-state index in [1.54, 1.807) is 10.7 Å². The van der Waals surface area contributed by atoms with Gasteiger partial charge in [0.1, 0.15) is 11.6 Å². The number of anilines is 1. The molecule has 1 aromatic heterocycles. The van der Waals surface area contributed by atoms with E-state index in [4.69, 9.17) is 16.7 Å². The van der Waals surface area contributed by atoms with E-state index < -0.39 is 5.82 Å². The number of halogens is 2. The van der Waals surface area contributed by atoms with Crippen LogP contribution >= 0.6 is 11.6 Å². The number of hydrogen-bond donors (Lipinski definition) is 2. The predicted octanol–water partition coefficient (Wildman–Crippen LogP) is 2.90. The number of aliphatic hydroxyl groups is 1. The fourth-order valence-corrected chi connectivity index (χ4v) is 2.10. The van der Waals surface area contributed by atoms with Gasteiger partial charge in [-0.3, -0.25) is 0 Å². The van der Waals surface area contributed by atoms with E-state index >= 15 is 0 Å². The Kier molecular flexibility index (Phi) is 4.62. The maximum absolute atomic E-state index is 13.4. The van der Waals surface area contributed by atoms with Gasteiger partial charge in [-0.05, 0) is 31.5 Å². The van der Waals surface area contributed by atoms with Crippen LogP contribution in [0.2, 0.25) is 5.02 Å². The smallest absolute Gasteiger partial charge is 0.142 e. The van der Waals surface area contributed by atoms with E-state index in [1.165, 1.54) is 12.1 Å². The van der Waals surface area contributed by atoms with Crippen molar-refractivity contribution < 1.29 is 9.50 Å². The molecule has 0 aliphatic carbocycles. The first-order valence-electron chi connectivity index (χ1n) is 6.35. The van der Waals surface area contributed by atoms with Gasteiger partial charge in [0.2, 0.25) is 0 Å². The Labute approximate surface area is 122 Å². The van der Waals surface area contributed by atoms with Crippen LogP contribution in [0, 0.1) is 19.7 Å². The summed E-state index contributed by atoms with van der Waals surface area (Å²) in [5, 5.41) is 16.7. The minimum Gasteiger partial charge on any atom is -0.394 e. The average molecular weight is 298 g/mol. The zero-order chi connectivity index (χ0) is 14.7. The molecule has 0 saturated heterocycles. The first kappa shape index (κ1) is 14.8. The summed E-state index contributed by atoms with van der Waals surface area (Å²) in [4.78, 5) is 0. The number of nitrogens with zero attached hydrogens (tertiary/aromatic N) is 2. The lowest BCUT2D eigenvalue weighted by atomic mass is 10.2. The lowest BCUT2D eigenvalue weighted by molar-refractivity contribution is 0.270. The molecule has 20 heavy (non-hydrogen) atoms. The Morgan fingerprint density at radius 1 is 1.40 bits per heavy atom. The van der Waals surface area contributed by atoms with Gasteiger partial charge in [-0.2, -0.15) is 5.10 Å². The van der Waals surface area contributed by atoms with Crippen LogP contribution in [0.25, 0.3) is 0 Å². The lowest BCUT2D eigenvalue weighted by Crippen LogP contribution is -2.11. The van der Waals surface area contributed by atoms with Gasteiger partial charge >= 0.3 is 0 Å². The Morgan fingerprint density at radius 2 is 2.15 bits per heavy atom. The van der Waals surface area contributed by atoms with Crippen molar-refractivity contribution in [2.45, 2.75) is 26.9 Å². The summed E-state index contributed by atoms with van der Waals surface area (Å²) in [5.41, 5.74) is 2.72. The van der Waals surface area contributed by atoms with Gasteiger partial charge in [0.15, 0.2) is 0 Å². The molecule has 0 aliphatic heterocycles. The number of aryl methyl sites for hydroxylation is 1. The molecule has 2 aromatic rings. The van der Waals surface area contributed by atoms with Crippen molar-refractivity contribution in [1.82, 2.24) is 9.78 Å². The van der Waals surface area contributed by atoms with Crippen molar-refractivity contribution in [3.63, 3.8) is 0 Å². The number of benzene rings is 1. The van der Waals surface area contributed by atoms with Crippen LogP contribution in [0.5, 0.6) is 0 Å². The maximum atomic E-state index is 13.4. The normalized spacial score (nSPS) is 10.8. The SMILES string of the molecule is Cc1nn(CCO)c(NCc2ccc(Cl)c(F)c2)c1C. The molecule has 0 bridgehead atoms. The third-order valence-corrected chi connectivity index (χ3v) is 3.49. The highest BCUT2D eigenvalue weighted by molar-refractivity contribution is 6.30. The van der Waals surface area contributed by atoms with Crippen molar-refractivity contribution in [1.29, 1.82) is 0 Å². The number of rotatable bonds is 5. The Bertz CT molecular complexity index is 613.